The van der Waals surface area contributed by atoms with Crippen LogP contribution in [0.3, 0.4) is 0 Å². The molecule has 16 rings (SSSR count). The zero-order valence-corrected chi connectivity index (χ0v) is 50.6. The van der Waals surface area contributed by atoms with Crippen molar-refractivity contribution < 1.29 is 0 Å². The Kier molecular flexibility index (Phi) is 9.62. The van der Waals surface area contributed by atoms with Crippen LogP contribution >= 0.6 is 0 Å². The van der Waals surface area contributed by atoms with Gasteiger partial charge in [-0.05, 0) is 181 Å². The Hall–Kier alpha value is -7.88. The first-order valence-electron chi connectivity index (χ1n) is 30.2. The SMILES string of the molecule is CC(C)(C)c1ccc(-c2ccc3ccc(-c4cc5c6c7c4-n4c8ccc(C(C)(C)C)cc8c8cc(C(C)(C)C)cc(c84)B7c4cc(C(C)(C)C)cc7c8cc(C(C)(C)C)cc(c8n-6c47)C54c5ccccc5-c5ccccc54)cc3c2)cc1. The molecule has 1 spiro atoms. The summed E-state index contributed by atoms with van der Waals surface area (Å²) >= 11 is 0. The number of hydrogen-bond donors (Lipinski definition) is 0. The zero-order chi connectivity index (χ0) is 56.9. The highest BCUT2D eigenvalue weighted by molar-refractivity contribution is 7.00. The van der Waals surface area contributed by atoms with E-state index >= 15 is 0 Å². The smallest absolute Gasteiger partial charge is 0.252 e. The van der Waals surface area contributed by atoms with Gasteiger partial charge >= 0.3 is 0 Å². The van der Waals surface area contributed by atoms with Crippen molar-refractivity contribution in [2.45, 2.75) is 136 Å². The van der Waals surface area contributed by atoms with Crippen molar-refractivity contribution in [3.63, 3.8) is 0 Å². The minimum Gasteiger partial charge on any atom is -0.310 e. The topological polar surface area (TPSA) is 9.86 Å². The number of rotatable bonds is 2. The average molecular weight is 1060 g/mol. The van der Waals surface area contributed by atoms with Crippen LogP contribution in [0.15, 0.2) is 170 Å². The van der Waals surface area contributed by atoms with Crippen LogP contribution in [0.4, 0.5) is 0 Å². The second-order valence-electron chi connectivity index (χ2n) is 30.2. The Morgan fingerprint density at radius 3 is 1.38 bits per heavy atom. The van der Waals surface area contributed by atoms with E-state index in [0.717, 1.165) is 0 Å². The molecule has 4 aliphatic rings. The maximum atomic E-state index is 2.81. The van der Waals surface area contributed by atoms with Crippen molar-refractivity contribution in [2.75, 3.05) is 0 Å². The van der Waals surface area contributed by atoms with Gasteiger partial charge in [-0.2, -0.15) is 0 Å². The number of hydrogen-bond acceptors (Lipinski definition) is 0. The number of nitrogens with zero attached hydrogens (tertiary/aromatic N) is 2. The first-order chi connectivity index (χ1) is 38.8. The van der Waals surface area contributed by atoms with E-state index in [2.05, 4.69) is 283 Å². The molecule has 0 saturated heterocycles. The van der Waals surface area contributed by atoms with Crippen molar-refractivity contribution in [2.24, 2.45) is 0 Å². The van der Waals surface area contributed by atoms with E-state index in [4.69, 9.17) is 0 Å². The molecule has 5 heterocycles. The van der Waals surface area contributed by atoms with Crippen molar-refractivity contribution >= 4 is 77.5 Å². The molecule has 2 aromatic heterocycles. The quantitative estimate of drug-likeness (QED) is 0.153. The molecule has 402 valence electrons. The summed E-state index contributed by atoms with van der Waals surface area (Å²) < 4.78 is 5.57. The molecule has 2 nitrogen and oxygen atoms in total. The van der Waals surface area contributed by atoms with Gasteiger partial charge in [0.25, 0.3) is 6.71 Å². The summed E-state index contributed by atoms with van der Waals surface area (Å²) in [4.78, 5) is 0. The maximum absolute atomic E-state index is 2.81. The molecule has 0 radical (unpaired) electrons. The van der Waals surface area contributed by atoms with Crippen LogP contribution in [0.25, 0.3) is 99.1 Å². The van der Waals surface area contributed by atoms with Gasteiger partial charge in [0.2, 0.25) is 0 Å². The van der Waals surface area contributed by atoms with E-state index < -0.39 is 5.41 Å². The average Bonchev–Trinajstić information content (AvgIpc) is 1.43. The lowest BCUT2D eigenvalue weighted by Gasteiger charge is -2.45. The molecule has 0 unspecified atom stereocenters. The summed E-state index contributed by atoms with van der Waals surface area (Å²) in [6, 6.07) is 68.5. The van der Waals surface area contributed by atoms with Crippen LogP contribution < -0.4 is 16.4 Å². The van der Waals surface area contributed by atoms with Crippen LogP contribution in [0.2, 0.25) is 0 Å². The third kappa shape index (κ3) is 6.49. The molecule has 82 heavy (non-hydrogen) atoms. The van der Waals surface area contributed by atoms with Gasteiger partial charge in [-0.25, -0.2) is 0 Å². The molecule has 0 bridgehead atoms. The summed E-state index contributed by atoms with van der Waals surface area (Å²) in [7, 11) is 0. The number of benzene rings is 10. The third-order valence-corrected chi connectivity index (χ3v) is 20.0. The fourth-order valence-corrected chi connectivity index (χ4v) is 15.6. The molecule has 0 N–H and O–H groups in total. The lowest BCUT2D eigenvalue weighted by Crippen LogP contribution is -2.61. The van der Waals surface area contributed by atoms with E-state index in [1.54, 1.807) is 0 Å². The minimum absolute atomic E-state index is 0.0320. The minimum atomic E-state index is -0.641. The number of aromatic nitrogens is 2. The maximum Gasteiger partial charge on any atom is 0.252 e. The molecule has 0 atom stereocenters. The molecule has 0 saturated carbocycles. The standard InChI is InChI=1S/C79H73BN2/c1-74(2,3)49-30-28-44(29-31-49)46-26-24-45-25-27-47(35-48(45)34-46)56-43-64-73-68-72(56)81-67-33-32-50(75(4,5)6)36-57(67)58-38-52(77(10,11)12)41-65(70(58)81)80(68)66-42-53(78(13,14)15)39-60-59-37-51(76(7,8)9)40-63(69(59)82(73)71(60)66)79(64)61-22-18-16-20-54(61)55-21-17-19-23-62(55)79/h16-43H,1-15H3. The predicted octanol–water partition coefficient (Wildman–Crippen LogP) is 18.7. The molecule has 12 aromatic rings. The summed E-state index contributed by atoms with van der Waals surface area (Å²) in [5.41, 5.74) is 31.3. The Bertz CT molecular complexity index is 4810. The van der Waals surface area contributed by atoms with E-state index in [1.165, 1.54) is 166 Å². The largest absolute Gasteiger partial charge is 0.310 e. The molecular weight excluding hydrogens is 988 g/mol. The highest BCUT2D eigenvalue weighted by atomic mass is 15.1. The van der Waals surface area contributed by atoms with Crippen LogP contribution in [0.5, 0.6) is 0 Å². The van der Waals surface area contributed by atoms with Gasteiger partial charge in [0.05, 0.1) is 22.1 Å². The monoisotopic (exact) mass is 1060 g/mol. The van der Waals surface area contributed by atoms with Gasteiger partial charge in [0, 0.05) is 43.8 Å². The molecule has 0 amide bonds. The Morgan fingerprint density at radius 2 is 0.793 bits per heavy atom. The van der Waals surface area contributed by atoms with Gasteiger partial charge in [-0.1, -0.05) is 225 Å². The van der Waals surface area contributed by atoms with Gasteiger partial charge in [-0.15, -0.1) is 0 Å². The van der Waals surface area contributed by atoms with E-state index in [-0.39, 0.29) is 33.8 Å². The van der Waals surface area contributed by atoms with Gasteiger partial charge in [0.1, 0.15) is 0 Å². The Balaban J connectivity index is 1.14. The number of fused-ring (bicyclic) bond motifs is 15. The van der Waals surface area contributed by atoms with Crippen molar-refractivity contribution in [1.29, 1.82) is 0 Å². The van der Waals surface area contributed by atoms with Crippen molar-refractivity contribution in [1.82, 2.24) is 9.13 Å². The highest BCUT2D eigenvalue weighted by Gasteiger charge is 2.55. The van der Waals surface area contributed by atoms with Gasteiger partial charge < -0.3 is 9.13 Å². The Labute approximate surface area is 484 Å². The molecule has 1 aliphatic carbocycles. The van der Waals surface area contributed by atoms with Crippen LogP contribution in [0.1, 0.15) is 154 Å². The first-order valence-corrected chi connectivity index (χ1v) is 30.2. The molecule has 10 aromatic carbocycles. The molecule has 3 heteroatoms. The molecule has 0 fully saturated rings. The summed E-state index contributed by atoms with van der Waals surface area (Å²) in [5.74, 6) is 0. The van der Waals surface area contributed by atoms with E-state index in [0.29, 0.717) is 0 Å². The Morgan fingerprint density at radius 1 is 0.317 bits per heavy atom. The molecule has 3 aliphatic heterocycles. The summed E-state index contributed by atoms with van der Waals surface area (Å²) in [6.07, 6.45) is 0. The first kappa shape index (κ1) is 49.9. The highest BCUT2D eigenvalue weighted by Crippen LogP contribution is 2.63. The van der Waals surface area contributed by atoms with E-state index in [1.807, 2.05) is 0 Å². The van der Waals surface area contributed by atoms with Crippen LogP contribution in [0, 0.1) is 0 Å². The van der Waals surface area contributed by atoms with Gasteiger partial charge in [0.15, 0.2) is 0 Å². The summed E-state index contributed by atoms with van der Waals surface area (Å²) in [5, 5.41) is 7.89. The lowest BCUT2D eigenvalue weighted by molar-refractivity contribution is 0.588. The second kappa shape index (κ2) is 15.8. The second-order valence-corrected chi connectivity index (χ2v) is 30.2. The van der Waals surface area contributed by atoms with Gasteiger partial charge in [-0.3, -0.25) is 0 Å². The van der Waals surface area contributed by atoms with Crippen LogP contribution in [-0.2, 0) is 32.5 Å². The zero-order valence-electron chi connectivity index (χ0n) is 50.6. The fraction of sp³-hybridized carbons (Fsp3) is 0.266. The fourth-order valence-electron chi connectivity index (χ4n) is 15.6. The van der Waals surface area contributed by atoms with Crippen LogP contribution in [-0.4, -0.2) is 15.8 Å². The predicted molar refractivity (Wildman–Crippen MR) is 353 cm³/mol. The van der Waals surface area contributed by atoms with Crippen molar-refractivity contribution in [3.05, 3.63) is 220 Å². The normalized spacial score (nSPS) is 14.8. The lowest BCUT2D eigenvalue weighted by atomic mass is 9.33. The third-order valence-electron chi connectivity index (χ3n) is 20.0. The van der Waals surface area contributed by atoms with E-state index in [9.17, 15) is 0 Å². The summed E-state index contributed by atoms with van der Waals surface area (Å²) in [6.45, 7) is 35.6. The van der Waals surface area contributed by atoms with Crippen molar-refractivity contribution in [3.8, 4) is 44.8 Å². The molecular formula is C79H73BN2.